The summed E-state index contributed by atoms with van der Waals surface area (Å²) in [5, 5.41) is 3.50. The number of fused-ring (bicyclic) bond motifs is 1. The van der Waals surface area contributed by atoms with Crippen LogP contribution < -0.4 is 5.32 Å². The molecule has 0 bridgehead atoms. The molecule has 3 rings (SSSR count). The van der Waals surface area contributed by atoms with E-state index in [4.69, 9.17) is 0 Å². The Bertz CT molecular complexity index is 680. The number of hydrogen-bond donors (Lipinski definition) is 1. The van der Waals surface area contributed by atoms with E-state index < -0.39 is 5.66 Å². The Balaban J connectivity index is 2.14. The molecule has 2 aromatic rings. The number of benzene rings is 2. The topological polar surface area (TPSA) is 32.3 Å². The molecule has 0 fully saturated rings. The summed E-state index contributed by atoms with van der Waals surface area (Å²) in [5.74, 6) is 0.0448. The summed E-state index contributed by atoms with van der Waals surface area (Å²) >= 11 is 0. The monoisotopic (exact) mass is 266 g/mol. The maximum atomic E-state index is 12.6. The molecule has 102 valence electrons. The van der Waals surface area contributed by atoms with Gasteiger partial charge < -0.3 is 10.2 Å². The fraction of sp³-hybridized carbons (Fsp3) is 0.235. The smallest absolute Gasteiger partial charge is 0.257 e. The average Bonchev–Trinajstić information content (AvgIpc) is 2.45. The first-order chi connectivity index (χ1) is 9.52. The third-order valence-electron chi connectivity index (χ3n) is 4.09. The standard InChI is InChI=1S/C17H18N2O/c1-12-7-6-8-13(11-12)17(2)18-15-10-5-4-9-14(15)16(20)19(17)3/h4-11,18H,1-3H3/t17-/m0/s1. The zero-order valence-electron chi connectivity index (χ0n) is 12.0. The highest BCUT2D eigenvalue weighted by Gasteiger charge is 2.39. The fourth-order valence-electron chi connectivity index (χ4n) is 2.72. The molecular formula is C17H18N2O. The molecule has 1 aliphatic heterocycles. The molecule has 0 saturated heterocycles. The Morgan fingerprint density at radius 2 is 1.85 bits per heavy atom. The largest absolute Gasteiger partial charge is 0.358 e. The first kappa shape index (κ1) is 12.7. The van der Waals surface area contributed by atoms with Crippen LogP contribution in [0.2, 0.25) is 0 Å². The van der Waals surface area contributed by atoms with E-state index in [9.17, 15) is 4.79 Å². The molecule has 0 aromatic heterocycles. The normalized spacial score (nSPS) is 21.4. The highest BCUT2D eigenvalue weighted by Crippen LogP contribution is 2.36. The maximum Gasteiger partial charge on any atom is 0.257 e. The van der Waals surface area contributed by atoms with E-state index in [0.717, 1.165) is 16.8 Å². The Labute approximate surface area is 119 Å². The molecule has 1 heterocycles. The van der Waals surface area contributed by atoms with E-state index in [2.05, 4.69) is 30.4 Å². The Morgan fingerprint density at radius 1 is 1.10 bits per heavy atom. The fourth-order valence-corrected chi connectivity index (χ4v) is 2.72. The summed E-state index contributed by atoms with van der Waals surface area (Å²) in [4.78, 5) is 14.3. The second-order valence-electron chi connectivity index (χ2n) is 5.48. The number of anilines is 1. The van der Waals surface area contributed by atoms with Crippen molar-refractivity contribution in [2.75, 3.05) is 12.4 Å². The van der Waals surface area contributed by atoms with Crippen molar-refractivity contribution in [1.29, 1.82) is 0 Å². The number of carbonyl (C=O) groups is 1. The van der Waals surface area contributed by atoms with Gasteiger partial charge in [0.1, 0.15) is 5.66 Å². The van der Waals surface area contributed by atoms with Gasteiger partial charge in [-0.3, -0.25) is 4.79 Å². The van der Waals surface area contributed by atoms with Crippen LogP contribution in [0.1, 0.15) is 28.4 Å². The first-order valence-corrected chi connectivity index (χ1v) is 6.75. The van der Waals surface area contributed by atoms with E-state index in [0.29, 0.717) is 0 Å². The van der Waals surface area contributed by atoms with E-state index in [1.54, 1.807) is 4.90 Å². The molecule has 0 spiro atoms. The molecule has 20 heavy (non-hydrogen) atoms. The minimum absolute atomic E-state index is 0.0448. The minimum Gasteiger partial charge on any atom is -0.358 e. The van der Waals surface area contributed by atoms with E-state index in [1.165, 1.54) is 5.56 Å². The van der Waals surface area contributed by atoms with Gasteiger partial charge in [-0.25, -0.2) is 0 Å². The van der Waals surface area contributed by atoms with Crippen LogP contribution in [-0.4, -0.2) is 17.9 Å². The number of rotatable bonds is 1. The van der Waals surface area contributed by atoms with Crippen LogP contribution in [-0.2, 0) is 5.66 Å². The summed E-state index contributed by atoms with van der Waals surface area (Å²) < 4.78 is 0. The predicted molar refractivity (Wildman–Crippen MR) is 80.7 cm³/mol. The lowest BCUT2D eigenvalue weighted by atomic mass is 9.93. The van der Waals surface area contributed by atoms with Gasteiger partial charge in [0.25, 0.3) is 5.91 Å². The maximum absolute atomic E-state index is 12.6. The van der Waals surface area contributed by atoms with Crippen LogP contribution in [0.4, 0.5) is 5.69 Å². The summed E-state index contributed by atoms with van der Waals surface area (Å²) in [5.41, 5.74) is 3.35. The average molecular weight is 266 g/mol. The number of aryl methyl sites for hydroxylation is 1. The Hall–Kier alpha value is -2.29. The van der Waals surface area contributed by atoms with Crippen LogP contribution in [0.5, 0.6) is 0 Å². The highest BCUT2D eigenvalue weighted by atomic mass is 16.2. The summed E-state index contributed by atoms with van der Waals surface area (Å²) in [6, 6.07) is 15.9. The number of carbonyl (C=O) groups excluding carboxylic acids is 1. The lowest BCUT2D eigenvalue weighted by molar-refractivity contribution is 0.0615. The number of para-hydroxylation sites is 1. The molecule has 0 saturated carbocycles. The Kier molecular flexibility index (Phi) is 2.78. The molecule has 0 aliphatic carbocycles. The van der Waals surface area contributed by atoms with Gasteiger partial charge >= 0.3 is 0 Å². The van der Waals surface area contributed by atoms with Crippen LogP contribution in [0.3, 0.4) is 0 Å². The zero-order chi connectivity index (χ0) is 14.3. The van der Waals surface area contributed by atoms with Crippen LogP contribution in [0.15, 0.2) is 48.5 Å². The van der Waals surface area contributed by atoms with Crippen LogP contribution in [0.25, 0.3) is 0 Å². The summed E-state index contributed by atoms with van der Waals surface area (Å²) in [6.07, 6.45) is 0. The summed E-state index contributed by atoms with van der Waals surface area (Å²) in [6.45, 7) is 4.10. The summed E-state index contributed by atoms with van der Waals surface area (Å²) in [7, 11) is 1.84. The molecule has 0 radical (unpaired) electrons. The van der Waals surface area contributed by atoms with Crippen molar-refractivity contribution in [3.63, 3.8) is 0 Å². The van der Waals surface area contributed by atoms with Crippen molar-refractivity contribution in [3.8, 4) is 0 Å². The van der Waals surface area contributed by atoms with Gasteiger partial charge in [0, 0.05) is 12.7 Å². The van der Waals surface area contributed by atoms with E-state index >= 15 is 0 Å². The molecule has 3 nitrogen and oxygen atoms in total. The van der Waals surface area contributed by atoms with Crippen molar-refractivity contribution in [3.05, 3.63) is 65.2 Å². The molecule has 1 amide bonds. The molecule has 1 aliphatic rings. The van der Waals surface area contributed by atoms with Crippen molar-refractivity contribution < 1.29 is 4.79 Å². The Morgan fingerprint density at radius 3 is 2.60 bits per heavy atom. The second kappa shape index (κ2) is 4.37. The van der Waals surface area contributed by atoms with Crippen molar-refractivity contribution >= 4 is 11.6 Å². The molecule has 1 atom stereocenters. The molecular weight excluding hydrogens is 248 g/mol. The van der Waals surface area contributed by atoms with Crippen molar-refractivity contribution in [1.82, 2.24) is 4.90 Å². The third-order valence-corrected chi connectivity index (χ3v) is 4.09. The van der Waals surface area contributed by atoms with Crippen LogP contribution >= 0.6 is 0 Å². The molecule has 0 unspecified atom stereocenters. The van der Waals surface area contributed by atoms with Gasteiger partial charge in [-0.1, -0.05) is 42.0 Å². The number of amides is 1. The predicted octanol–water partition coefficient (Wildman–Crippen LogP) is 3.37. The van der Waals surface area contributed by atoms with Crippen molar-refractivity contribution in [2.24, 2.45) is 0 Å². The van der Waals surface area contributed by atoms with Gasteiger partial charge in [-0.15, -0.1) is 0 Å². The van der Waals surface area contributed by atoms with Crippen molar-refractivity contribution in [2.45, 2.75) is 19.5 Å². The molecule has 1 N–H and O–H groups in total. The van der Waals surface area contributed by atoms with Gasteiger partial charge in [-0.2, -0.15) is 0 Å². The quantitative estimate of drug-likeness (QED) is 0.858. The molecule has 2 aromatic carbocycles. The van der Waals surface area contributed by atoms with Gasteiger partial charge in [0.2, 0.25) is 0 Å². The third kappa shape index (κ3) is 1.78. The SMILES string of the molecule is Cc1cccc([C@@]2(C)Nc3ccccc3C(=O)N2C)c1. The molecule has 3 heteroatoms. The van der Waals surface area contributed by atoms with E-state index in [1.807, 2.05) is 44.3 Å². The van der Waals surface area contributed by atoms with Gasteiger partial charge in [0.15, 0.2) is 0 Å². The lowest BCUT2D eigenvalue weighted by Gasteiger charge is -2.44. The minimum atomic E-state index is -0.530. The lowest BCUT2D eigenvalue weighted by Crippen LogP contribution is -2.53. The van der Waals surface area contributed by atoms with Gasteiger partial charge in [-0.05, 0) is 31.5 Å². The number of nitrogens with zero attached hydrogens (tertiary/aromatic N) is 1. The van der Waals surface area contributed by atoms with Crippen LogP contribution in [0, 0.1) is 6.92 Å². The highest BCUT2D eigenvalue weighted by molar-refractivity contribution is 6.02. The first-order valence-electron chi connectivity index (χ1n) is 6.75. The number of nitrogens with one attached hydrogen (secondary N) is 1. The second-order valence-corrected chi connectivity index (χ2v) is 5.48. The van der Waals surface area contributed by atoms with Gasteiger partial charge in [0.05, 0.1) is 5.56 Å². The number of hydrogen-bond acceptors (Lipinski definition) is 2. The zero-order valence-corrected chi connectivity index (χ0v) is 12.0. The van der Waals surface area contributed by atoms with E-state index in [-0.39, 0.29) is 5.91 Å².